The molecule has 4 heteroatoms. The van der Waals surface area contributed by atoms with Crippen LogP contribution in [0.2, 0.25) is 6.55 Å². The molecule has 0 spiro atoms. The van der Waals surface area contributed by atoms with E-state index in [4.69, 9.17) is 13.3 Å². The Balaban J connectivity index is 2.72. The van der Waals surface area contributed by atoms with E-state index in [-0.39, 0.29) is 6.10 Å². The molecular weight excluding hydrogens is 448 g/mol. The van der Waals surface area contributed by atoms with Crippen molar-refractivity contribution in [1.82, 2.24) is 0 Å². The molecule has 0 bridgehead atoms. The number of allylic oxidation sites excluding steroid dienone is 4. The summed E-state index contributed by atoms with van der Waals surface area (Å²) in [7, 11) is -2.71. The SMILES string of the molecule is CC(C)=CCCC(C)CCO[Si](C)(OCCC(C)CCC=C(C)C)OC1CC(C)CCC1C(C)C. The van der Waals surface area contributed by atoms with Crippen LogP contribution in [0.4, 0.5) is 0 Å². The molecule has 1 aliphatic rings. The third-order valence-electron chi connectivity index (χ3n) is 7.70. The first-order valence-electron chi connectivity index (χ1n) is 14.6. The average Bonchev–Trinajstić information content (AvgIpc) is 2.73. The van der Waals surface area contributed by atoms with Gasteiger partial charge in [0.25, 0.3) is 0 Å². The standard InChI is InChI=1S/C31H60O3Si/c1-24(2)13-11-15-27(7)19-21-32-35(10,33-22-20-28(8)16-12-14-25(3)4)34-31-23-29(9)17-18-30(31)26(5)6/h13-14,26-31H,11-12,15-23H2,1-10H3. The molecule has 5 unspecified atom stereocenters. The maximum Gasteiger partial charge on any atom is 0.497 e. The highest BCUT2D eigenvalue weighted by Gasteiger charge is 2.42. The lowest BCUT2D eigenvalue weighted by Gasteiger charge is -2.41. The molecule has 0 saturated heterocycles. The molecule has 0 N–H and O–H groups in total. The second kappa shape index (κ2) is 17.2. The third kappa shape index (κ3) is 14.8. The topological polar surface area (TPSA) is 27.7 Å². The Morgan fingerprint density at radius 3 is 1.71 bits per heavy atom. The van der Waals surface area contributed by atoms with Gasteiger partial charge in [-0.25, -0.2) is 0 Å². The molecule has 5 atom stereocenters. The zero-order chi connectivity index (χ0) is 26.4. The minimum Gasteiger partial charge on any atom is -0.374 e. The van der Waals surface area contributed by atoms with Gasteiger partial charge in [-0.3, -0.25) is 0 Å². The van der Waals surface area contributed by atoms with Crippen molar-refractivity contribution in [3.05, 3.63) is 23.3 Å². The van der Waals surface area contributed by atoms with Crippen LogP contribution < -0.4 is 0 Å². The van der Waals surface area contributed by atoms with Gasteiger partial charge in [0.1, 0.15) is 0 Å². The van der Waals surface area contributed by atoms with Crippen LogP contribution in [0.3, 0.4) is 0 Å². The van der Waals surface area contributed by atoms with Crippen molar-refractivity contribution in [2.75, 3.05) is 13.2 Å². The summed E-state index contributed by atoms with van der Waals surface area (Å²) in [6, 6.07) is 0. The monoisotopic (exact) mass is 508 g/mol. The quantitative estimate of drug-likeness (QED) is 0.144. The summed E-state index contributed by atoms with van der Waals surface area (Å²) in [6.45, 7) is 24.1. The zero-order valence-corrected chi connectivity index (χ0v) is 26.1. The van der Waals surface area contributed by atoms with Crippen molar-refractivity contribution in [2.24, 2.45) is 29.6 Å². The molecule has 0 radical (unpaired) electrons. The van der Waals surface area contributed by atoms with Crippen molar-refractivity contribution >= 4 is 8.80 Å². The highest BCUT2D eigenvalue weighted by Crippen LogP contribution is 2.37. The van der Waals surface area contributed by atoms with Gasteiger partial charge >= 0.3 is 8.80 Å². The van der Waals surface area contributed by atoms with Crippen molar-refractivity contribution in [3.8, 4) is 0 Å². The van der Waals surface area contributed by atoms with Gasteiger partial charge in [-0.2, -0.15) is 0 Å². The fourth-order valence-corrected chi connectivity index (χ4v) is 7.15. The Kier molecular flexibility index (Phi) is 16.0. The zero-order valence-electron chi connectivity index (χ0n) is 25.1. The first-order chi connectivity index (χ1) is 16.4. The summed E-state index contributed by atoms with van der Waals surface area (Å²) >= 11 is 0. The van der Waals surface area contributed by atoms with Gasteiger partial charge < -0.3 is 13.3 Å². The Labute approximate surface area is 220 Å². The minimum atomic E-state index is -2.71. The Morgan fingerprint density at radius 1 is 0.800 bits per heavy atom. The second-order valence-corrected chi connectivity index (χ2v) is 15.1. The molecule has 1 saturated carbocycles. The largest absolute Gasteiger partial charge is 0.497 e. The highest BCUT2D eigenvalue weighted by atomic mass is 28.4. The summed E-state index contributed by atoms with van der Waals surface area (Å²) in [4.78, 5) is 0. The maximum absolute atomic E-state index is 6.89. The van der Waals surface area contributed by atoms with E-state index in [0.717, 1.165) is 51.2 Å². The van der Waals surface area contributed by atoms with E-state index < -0.39 is 8.80 Å². The van der Waals surface area contributed by atoms with Gasteiger partial charge in [0.15, 0.2) is 0 Å². The van der Waals surface area contributed by atoms with Crippen LogP contribution in [0, 0.1) is 29.6 Å². The molecule has 1 aliphatic carbocycles. The first kappa shape index (κ1) is 32.6. The number of hydrogen-bond acceptors (Lipinski definition) is 3. The van der Waals surface area contributed by atoms with Crippen molar-refractivity contribution in [1.29, 1.82) is 0 Å². The molecule has 0 aromatic rings. The molecule has 0 heterocycles. The van der Waals surface area contributed by atoms with E-state index in [1.54, 1.807) is 0 Å². The lowest BCUT2D eigenvalue weighted by atomic mass is 9.75. The smallest absolute Gasteiger partial charge is 0.374 e. The van der Waals surface area contributed by atoms with Crippen molar-refractivity contribution in [2.45, 2.75) is 133 Å². The average molecular weight is 509 g/mol. The van der Waals surface area contributed by atoms with Gasteiger partial charge in [-0.1, -0.05) is 64.3 Å². The Morgan fingerprint density at radius 2 is 1.29 bits per heavy atom. The van der Waals surface area contributed by atoms with Gasteiger partial charge in [0.05, 0.1) is 6.10 Å². The van der Waals surface area contributed by atoms with Gasteiger partial charge in [-0.05, 0) is 109 Å². The fraction of sp³-hybridized carbons (Fsp3) is 0.871. The normalized spacial score (nSPS) is 24.0. The third-order valence-corrected chi connectivity index (χ3v) is 9.89. The molecule has 0 aromatic carbocycles. The number of hydrogen-bond donors (Lipinski definition) is 0. The predicted molar refractivity (Wildman–Crippen MR) is 155 cm³/mol. The molecule has 0 aromatic heterocycles. The van der Waals surface area contributed by atoms with E-state index in [1.165, 1.54) is 36.8 Å². The van der Waals surface area contributed by atoms with E-state index in [1.807, 2.05) is 0 Å². The summed E-state index contributed by atoms with van der Waals surface area (Å²) in [5.41, 5.74) is 2.82. The van der Waals surface area contributed by atoms with Gasteiger partial charge in [0.2, 0.25) is 0 Å². The minimum absolute atomic E-state index is 0.264. The Bertz CT molecular complexity index is 585. The van der Waals surface area contributed by atoms with E-state index in [0.29, 0.717) is 23.7 Å². The van der Waals surface area contributed by atoms with Crippen LogP contribution in [-0.4, -0.2) is 28.1 Å². The van der Waals surface area contributed by atoms with E-state index in [9.17, 15) is 0 Å². The van der Waals surface area contributed by atoms with Crippen molar-refractivity contribution in [3.63, 3.8) is 0 Å². The fourth-order valence-electron chi connectivity index (χ4n) is 5.13. The van der Waals surface area contributed by atoms with E-state index >= 15 is 0 Å². The molecular formula is C31H60O3Si. The lowest BCUT2D eigenvalue weighted by Crippen LogP contribution is -2.49. The van der Waals surface area contributed by atoms with Crippen molar-refractivity contribution < 1.29 is 13.3 Å². The molecule has 1 rings (SSSR count). The lowest BCUT2D eigenvalue weighted by molar-refractivity contribution is -0.0286. The summed E-state index contributed by atoms with van der Waals surface area (Å²) < 4.78 is 20.0. The van der Waals surface area contributed by atoms with Crippen LogP contribution in [0.15, 0.2) is 23.3 Å². The summed E-state index contributed by atoms with van der Waals surface area (Å²) in [5.74, 6) is 3.26. The van der Waals surface area contributed by atoms with Crippen LogP contribution in [0.1, 0.15) is 120 Å². The summed E-state index contributed by atoms with van der Waals surface area (Å²) in [6.07, 6.45) is 15.6. The van der Waals surface area contributed by atoms with E-state index in [2.05, 4.69) is 81.0 Å². The van der Waals surface area contributed by atoms with Gasteiger partial charge in [-0.15, -0.1) is 0 Å². The first-order valence-corrected chi connectivity index (χ1v) is 16.9. The molecule has 0 amide bonds. The molecule has 206 valence electrons. The maximum atomic E-state index is 6.89. The predicted octanol–water partition coefficient (Wildman–Crippen LogP) is 9.61. The van der Waals surface area contributed by atoms with Crippen LogP contribution in [-0.2, 0) is 13.3 Å². The molecule has 0 aliphatic heterocycles. The molecule has 3 nitrogen and oxygen atoms in total. The van der Waals surface area contributed by atoms with Crippen LogP contribution in [0.5, 0.6) is 0 Å². The van der Waals surface area contributed by atoms with Crippen LogP contribution in [0.25, 0.3) is 0 Å². The number of rotatable bonds is 17. The summed E-state index contributed by atoms with van der Waals surface area (Å²) in [5, 5.41) is 0. The highest BCUT2D eigenvalue weighted by molar-refractivity contribution is 6.59. The molecule has 35 heavy (non-hydrogen) atoms. The Hall–Kier alpha value is -0.423. The van der Waals surface area contributed by atoms with Gasteiger partial charge in [0, 0.05) is 19.8 Å². The van der Waals surface area contributed by atoms with Crippen LogP contribution >= 0.6 is 0 Å². The molecule has 1 fully saturated rings. The second-order valence-electron chi connectivity index (χ2n) is 12.5.